The van der Waals surface area contributed by atoms with Crippen LogP contribution in [-0.4, -0.2) is 45.6 Å². The highest BCUT2D eigenvalue weighted by atomic mass is 35.5. The zero-order valence-electron chi connectivity index (χ0n) is 17.5. The van der Waals surface area contributed by atoms with Crippen LogP contribution in [0.3, 0.4) is 0 Å². The van der Waals surface area contributed by atoms with Crippen molar-refractivity contribution >= 4 is 28.3 Å². The van der Waals surface area contributed by atoms with Crippen molar-refractivity contribution in [1.29, 1.82) is 0 Å². The van der Waals surface area contributed by atoms with E-state index < -0.39 is 0 Å². The van der Waals surface area contributed by atoms with Gasteiger partial charge in [-0.3, -0.25) is 19.4 Å². The summed E-state index contributed by atoms with van der Waals surface area (Å²) in [5.74, 6) is 0.863. The second-order valence-electron chi connectivity index (χ2n) is 7.76. The maximum Gasteiger partial charge on any atom is 0.274 e. The van der Waals surface area contributed by atoms with Crippen molar-refractivity contribution in [2.75, 3.05) is 31.2 Å². The lowest BCUT2D eigenvalue weighted by Gasteiger charge is -2.28. The van der Waals surface area contributed by atoms with Crippen molar-refractivity contribution < 1.29 is 4.74 Å². The molecule has 0 spiro atoms. The van der Waals surface area contributed by atoms with Crippen molar-refractivity contribution in [2.45, 2.75) is 13.5 Å². The zero-order chi connectivity index (χ0) is 22.2. The minimum atomic E-state index is -0.263. The summed E-state index contributed by atoms with van der Waals surface area (Å²) in [7, 11) is 0. The van der Waals surface area contributed by atoms with E-state index in [1.54, 1.807) is 34.4 Å². The van der Waals surface area contributed by atoms with Crippen LogP contribution in [0.5, 0.6) is 0 Å². The van der Waals surface area contributed by atoms with Gasteiger partial charge in [0.15, 0.2) is 0 Å². The van der Waals surface area contributed by atoms with Gasteiger partial charge >= 0.3 is 0 Å². The van der Waals surface area contributed by atoms with E-state index in [0.29, 0.717) is 40.5 Å². The first kappa shape index (κ1) is 20.5. The van der Waals surface area contributed by atoms with Crippen LogP contribution in [0.1, 0.15) is 11.4 Å². The number of aryl methyl sites for hydroxylation is 1. The minimum absolute atomic E-state index is 0.205. The molecule has 1 aromatic carbocycles. The number of morpholine rings is 1. The van der Waals surface area contributed by atoms with Crippen LogP contribution in [0.4, 0.5) is 5.82 Å². The number of rotatable bonds is 4. The Hall–Kier alpha value is -3.36. The van der Waals surface area contributed by atoms with E-state index >= 15 is 0 Å². The number of anilines is 1. The molecule has 1 aliphatic rings. The van der Waals surface area contributed by atoms with Crippen molar-refractivity contribution in [3.63, 3.8) is 0 Å². The molecule has 9 heteroatoms. The van der Waals surface area contributed by atoms with Gasteiger partial charge in [-0.15, -0.1) is 0 Å². The maximum absolute atomic E-state index is 13.1. The second kappa shape index (κ2) is 8.29. The first-order valence-electron chi connectivity index (χ1n) is 10.4. The third-order valence-electron chi connectivity index (χ3n) is 5.74. The molecule has 0 saturated carbocycles. The Bertz CT molecular complexity index is 1420. The van der Waals surface area contributed by atoms with Crippen LogP contribution in [0.25, 0.3) is 16.6 Å². The third kappa shape index (κ3) is 3.72. The number of ether oxygens (including phenoxy) is 1. The number of hydrogen-bond donors (Lipinski definition) is 1. The van der Waals surface area contributed by atoms with Gasteiger partial charge in [-0.05, 0) is 37.3 Å². The highest BCUT2D eigenvalue weighted by Gasteiger charge is 2.17. The van der Waals surface area contributed by atoms with Gasteiger partial charge in [0.1, 0.15) is 5.82 Å². The predicted octanol–water partition coefficient (Wildman–Crippen LogP) is 2.72. The standard InChI is InChI=1S/C23H22ClN5O3/c1-15-22-19(29(26-23(22)31)18-6-2-4-16(24)12-18)13-21(30)28(15)14-17-5-3-7-20(25-17)27-8-10-32-11-9-27/h2-7,12-13H,8-11,14H2,1H3,(H,26,31). The number of pyridine rings is 2. The molecule has 1 N–H and O–H groups in total. The molecule has 5 rings (SSSR count). The van der Waals surface area contributed by atoms with Crippen LogP contribution in [0.15, 0.2) is 58.1 Å². The Morgan fingerprint density at radius 3 is 2.66 bits per heavy atom. The summed E-state index contributed by atoms with van der Waals surface area (Å²) in [5.41, 5.74) is 2.08. The Morgan fingerprint density at radius 1 is 1.09 bits per heavy atom. The molecule has 0 aliphatic carbocycles. The van der Waals surface area contributed by atoms with Crippen LogP contribution in [-0.2, 0) is 11.3 Å². The van der Waals surface area contributed by atoms with Gasteiger partial charge in [-0.1, -0.05) is 23.7 Å². The van der Waals surface area contributed by atoms with Gasteiger partial charge in [0.2, 0.25) is 0 Å². The smallest absolute Gasteiger partial charge is 0.274 e. The Morgan fingerprint density at radius 2 is 1.88 bits per heavy atom. The second-order valence-corrected chi connectivity index (χ2v) is 8.19. The van der Waals surface area contributed by atoms with Crippen LogP contribution >= 0.6 is 11.6 Å². The van der Waals surface area contributed by atoms with Crippen LogP contribution in [0.2, 0.25) is 5.02 Å². The maximum atomic E-state index is 13.1. The van der Waals surface area contributed by atoms with Crippen molar-refractivity contribution in [2.24, 2.45) is 0 Å². The van der Waals surface area contributed by atoms with E-state index in [0.717, 1.165) is 24.6 Å². The minimum Gasteiger partial charge on any atom is -0.378 e. The predicted molar refractivity (Wildman–Crippen MR) is 124 cm³/mol. The van der Waals surface area contributed by atoms with Gasteiger partial charge in [-0.25, -0.2) is 4.98 Å². The SMILES string of the molecule is Cc1c2c(=O)[nH]n(-c3cccc(Cl)c3)c2cc(=O)n1Cc1cccc(N2CCOCC2)n1. The fourth-order valence-corrected chi connectivity index (χ4v) is 4.31. The third-order valence-corrected chi connectivity index (χ3v) is 5.98. The molecule has 164 valence electrons. The average molecular weight is 452 g/mol. The van der Waals surface area contributed by atoms with Gasteiger partial charge in [0, 0.05) is 29.9 Å². The fourth-order valence-electron chi connectivity index (χ4n) is 4.13. The fraction of sp³-hybridized carbons (Fsp3) is 0.261. The zero-order valence-corrected chi connectivity index (χ0v) is 18.3. The number of nitrogens with zero attached hydrogens (tertiary/aromatic N) is 4. The summed E-state index contributed by atoms with van der Waals surface area (Å²) in [6, 6.07) is 14.4. The largest absolute Gasteiger partial charge is 0.378 e. The van der Waals surface area contributed by atoms with Crippen molar-refractivity contribution in [3.8, 4) is 5.69 Å². The van der Waals surface area contributed by atoms with E-state index in [2.05, 4.69) is 10.00 Å². The lowest BCUT2D eigenvalue weighted by Crippen LogP contribution is -2.36. The van der Waals surface area contributed by atoms with Crippen LogP contribution < -0.4 is 16.0 Å². The van der Waals surface area contributed by atoms with E-state index in [-0.39, 0.29) is 17.7 Å². The summed E-state index contributed by atoms with van der Waals surface area (Å²) in [4.78, 5) is 32.8. The topological polar surface area (TPSA) is 85.2 Å². The number of H-pyrrole nitrogens is 1. The first-order chi connectivity index (χ1) is 15.5. The van der Waals surface area contributed by atoms with E-state index in [1.807, 2.05) is 24.3 Å². The van der Waals surface area contributed by atoms with Gasteiger partial charge in [0.05, 0.1) is 42.0 Å². The summed E-state index contributed by atoms with van der Waals surface area (Å²) >= 11 is 6.11. The summed E-state index contributed by atoms with van der Waals surface area (Å²) in [6.07, 6.45) is 0. The number of halogens is 1. The summed E-state index contributed by atoms with van der Waals surface area (Å²) in [5, 5.41) is 3.83. The quantitative estimate of drug-likeness (QED) is 0.515. The number of benzene rings is 1. The van der Waals surface area contributed by atoms with E-state index in [1.165, 1.54) is 6.07 Å². The molecule has 4 aromatic rings. The van der Waals surface area contributed by atoms with Gasteiger partial charge < -0.3 is 14.2 Å². The number of aromatic amines is 1. The Kier molecular flexibility index (Phi) is 5.32. The molecular weight excluding hydrogens is 430 g/mol. The van der Waals surface area contributed by atoms with Crippen molar-refractivity contribution in [1.82, 2.24) is 19.3 Å². The number of hydrogen-bond acceptors (Lipinski definition) is 5. The molecule has 8 nitrogen and oxygen atoms in total. The Balaban J connectivity index is 1.56. The molecule has 0 atom stereocenters. The Labute approximate surface area is 188 Å². The molecule has 1 fully saturated rings. The molecule has 0 amide bonds. The highest BCUT2D eigenvalue weighted by molar-refractivity contribution is 6.30. The number of nitrogens with one attached hydrogen (secondary N) is 1. The average Bonchev–Trinajstić information content (AvgIpc) is 3.13. The highest BCUT2D eigenvalue weighted by Crippen LogP contribution is 2.20. The molecule has 0 unspecified atom stereocenters. The number of fused-ring (bicyclic) bond motifs is 1. The lowest BCUT2D eigenvalue weighted by atomic mass is 10.2. The van der Waals surface area contributed by atoms with Gasteiger partial charge in [0.25, 0.3) is 11.1 Å². The molecule has 1 saturated heterocycles. The molecule has 0 bridgehead atoms. The monoisotopic (exact) mass is 451 g/mol. The molecule has 1 aliphatic heterocycles. The molecule has 32 heavy (non-hydrogen) atoms. The first-order valence-corrected chi connectivity index (χ1v) is 10.8. The van der Waals surface area contributed by atoms with E-state index in [4.69, 9.17) is 21.3 Å². The molecule has 0 radical (unpaired) electrons. The summed E-state index contributed by atoms with van der Waals surface area (Å²) < 4.78 is 8.60. The van der Waals surface area contributed by atoms with Crippen molar-refractivity contribution in [3.05, 3.63) is 85.6 Å². The normalized spacial score (nSPS) is 14.2. The molecule has 4 heterocycles. The van der Waals surface area contributed by atoms with E-state index in [9.17, 15) is 9.59 Å². The van der Waals surface area contributed by atoms with Gasteiger partial charge in [-0.2, -0.15) is 0 Å². The molecule has 3 aromatic heterocycles. The number of aromatic nitrogens is 4. The molecular formula is C23H22ClN5O3. The lowest BCUT2D eigenvalue weighted by molar-refractivity contribution is 0.122. The van der Waals surface area contributed by atoms with Crippen LogP contribution in [0, 0.1) is 6.92 Å². The summed E-state index contributed by atoms with van der Waals surface area (Å²) in [6.45, 7) is 4.98.